The molecule has 0 aromatic heterocycles. The van der Waals surface area contributed by atoms with E-state index in [4.69, 9.17) is 9.94 Å². The van der Waals surface area contributed by atoms with Gasteiger partial charge in [-0.2, -0.15) is 0 Å². The molecule has 3 aromatic carbocycles. The number of aromatic hydroxyl groups is 2. The van der Waals surface area contributed by atoms with Crippen LogP contribution < -0.4 is 10.1 Å². The van der Waals surface area contributed by atoms with Gasteiger partial charge < -0.3 is 25.5 Å². The van der Waals surface area contributed by atoms with Gasteiger partial charge in [-0.05, 0) is 79.9 Å². The first-order valence-corrected chi connectivity index (χ1v) is 9.73. The lowest BCUT2D eigenvalue weighted by atomic mass is 10.0. The minimum absolute atomic E-state index is 0.0460. The molecule has 1 amide bonds. The van der Waals surface area contributed by atoms with Crippen molar-refractivity contribution in [2.75, 3.05) is 5.32 Å². The number of oxime groups is 1. The fourth-order valence-corrected chi connectivity index (χ4v) is 3.91. The van der Waals surface area contributed by atoms with Gasteiger partial charge in [0.1, 0.15) is 23.5 Å². The molecule has 7 nitrogen and oxygen atoms in total. The van der Waals surface area contributed by atoms with Crippen LogP contribution in [0, 0.1) is 0 Å². The molecule has 0 unspecified atom stereocenters. The molecule has 0 saturated heterocycles. The van der Waals surface area contributed by atoms with Gasteiger partial charge in [0.25, 0.3) is 5.91 Å². The number of amides is 1. The van der Waals surface area contributed by atoms with Gasteiger partial charge in [-0.15, -0.1) is 0 Å². The smallest absolute Gasteiger partial charge is 0.270 e. The maximum atomic E-state index is 11.5. The Kier molecular flexibility index (Phi) is 6.40. The molecule has 3 aromatic rings. The van der Waals surface area contributed by atoms with E-state index in [0.717, 1.165) is 6.21 Å². The number of carbonyl (C=O) groups excluding carboxylic acids is 1. The van der Waals surface area contributed by atoms with Crippen LogP contribution in [-0.2, 0) is 4.79 Å². The van der Waals surface area contributed by atoms with Gasteiger partial charge in [-0.1, -0.05) is 17.3 Å². The highest BCUT2D eigenvalue weighted by atomic mass is 79.9. The number of benzene rings is 3. The third kappa shape index (κ3) is 5.07. The minimum atomic E-state index is -0.589. The molecule has 3 rings (SSSR count). The zero-order chi connectivity index (χ0) is 21.0. The van der Waals surface area contributed by atoms with E-state index in [9.17, 15) is 15.0 Å². The maximum absolute atomic E-state index is 11.5. The topological polar surface area (TPSA) is 111 Å². The van der Waals surface area contributed by atoms with Crippen LogP contribution in [0.5, 0.6) is 23.0 Å². The molecule has 0 bridgehead atoms. The van der Waals surface area contributed by atoms with Crippen molar-refractivity contribution in [1.82, 2.24) is 0 Å². The van der Waals surface area contributed by atoms with E-state index in [1.165, 1.54) is 12.1 Å². The number of anilines is 1. The van der Waals surface area contributed by atoms with Gasteiger partial charge in [0.2, 0.25) is 0 Å². The number of nitrogens with one attached hydrogen (secondary N) is 1. The second-order valence-electron chi connectivity index (χ2n) is 5.83. The third-order valence-electron chi connectivity index (χ3n) is 3.79. The predicted octanol–water partition coefficient (Wildman–Crippen LogP) is 5.48. The highest BCUT2D eigenvalue weighted by molar-refractivity contribution is 9.11. The molecule has 9 heteroatoms. The molecule has 148 valence electrons. The highest BCUT2D eigenvalue weighted by Gasteiger charge is 2.13. The Morgan fingerprint density at radius 3 is 2.41 bits per heavy atom. The molecule has 0 aliphatic carbocycles. The van der Waals surface area contributed by atoms with Crippen LogP contribution in [0.25, 0.3) is 11.1 Å². The van der Waals surface area contributed by atoms with E-state index in [2.05, 4.69) is 42.3 Å². The van der Waals surface area contributed by atoms with Crippen LogP contribution in [-0.4, -0.2) is 27.5 Å². The molecule has 0 aliphatic rings. The summed E-state index contributed by atoms with van der Waals surface area (Å²) in [6.07, 6.45) is 0.742. The lowest BCUT2D eigenvalue weighted by molar-refractivity contribution is -0.110. The highest BCUT2D eigenvalue weighted by Crippen LogP contribution is 2.41. The van der Waals surface area contributed by atoms with Crippen molar-refractivity contribution in [2.45, 2.75) is 0 Å². The summed E-state index contributed by atoms with van der Waals surface area (Å²) in [5, 5.41) is 33.5. The SMILES string of the molecule is O=C(/C=N/O)Nc1cc(Br)c(Oc2ccc(O)c(-c3cccc(O)c3)c2)c(Br)c1. The molecular formula is C20H14Br2N2O5. The number of phenolic OH excluding ortho intramolecular Hbond substituents is 2. The number of rotatable bonds is 5. The second kappa shape index (κ2) is 8.97. The number of ether oxygens (including phenoxy) is 1. The van der Waals surface area contributed by atoms with E-state index in [-0.39, 0.29) is 11.5 Å². The molecule has 0 atom stereocenters. The maximum Gasteiger partial charge on any atom is 0.270 e. The van der Waals surface area contributed by atoms with Crippen molar-refractivity contribution in [3.63, 3.8) is 0 Å². The minimum Gasteiger partial charge on any atom is -0.508 e. The number of phenols is 2. The van der Waals surface area contributed by atoms with Crippen LogP contribution in [0.1, 0.15) is 0 Å². The summed E-state index contributed by atoms with van der Waals surface area (Å²) in [6.45, 7) is 0. The quantitative estimate of drug-likeness (QED) is 0.202. The Bertz CT molecular complexity index is 1080. The summed E-state index contributed by atoms with van der Waals surface area (Å²) < 4.78 is 7.05. The summed E-state index contributed by atoms with van der Waals surface area (Å²) in [6, 6.07) is 14.5. The molecule has 0 spiro atoms. The number of halogens is 2. The number of carbonyl (C=O) groups is 1. The van der Waals surface area contributed by atoms with E-state index >= 15 is 0 Å². The molecule has 0 aliphatic heterocycles. The first-order chi connectivity index (χ1) is 13.9. The van der Waals surface area contributed by atoms with Crippen molar-refractivity contribution < 1.29 is 25.0 Å². The number of hydrogen-bond acceptors (Lipinski definition) is 6. The van der Waals surface area contributed by atoms with Crippen molar-refractivity contribution in [2.24, 2.45) is 5.16 Å². The van der Waals surface area contributed by atoms with Crippen LogP contribution in [0.3, 0.4) is 0 Å². The number of hydrogen-bond donors (Lipinski definition) is 4. The van der Waals surface area contributed by atoms with Crippen molar-refractivity contribution in [3.05, 3.63) is 63.5 Å². The van der Waals surface area contributed by atoms with Gasteiger partial charge in [0.15, 0.2) is 5.75 Å². The van der Waals surface area contributed by atoms with Crippen LogP contribution in [0.15, 0.2) is 68.7 Å². The first kappa shape index (κ1) is 20.7. The van der Waals surface area contributed by atoms with Gasteiger partial charge in [-0.3, -0.25) is 4.79 Å². The average molecular weight is 522 g/mol. The fraction of sp³-hybridized carbons (Fsp3) is 0. The predicted molar refractivity (Wildman–Crippen MR) is 116 cm³/mol. The summed E-state index contributed by atoms with van der Waals surface area (Å²) >= 11 is 6.80. The van der Waals surface area contributed by atoms with E-state index in [0.29, 0.717) is 37.3 Å². The Labute approximate surface area is 182 Å². The van der Waals surface area contributed by atoms with Crippen molar-refractivity contribution in [3.8, 4) is 34.1 Å². The lowest BCUT2D eigenvalue weighted by Crippen LogP contribution is -2.12. The van der Waals surface area contributed by atoms with Crippen LogP contribution in [0.4, 0.5) is 5.69 Å². The van der Waals surface area contributed by atoms with Crippen molar-refractivity contribution in [1.29, 1.82) is 0 Å². The lowest BCUT2D eigenvalue weighted by Gasteiger charge is -2.14. The van der Waals surface area contributed by atoms with Gasteiger partial charge >= 0.3 is 0 Å². The Morgan fingerprint density at radius 1 is 1.03 bits per heavy atom. The second-order valence-corrected chi connectivity index (χ2v) is 7.54. The molecule has 0 fully saturated rings. The number of nitrogens with zero attached hydrogens (tertiary/aromatic N) is 1. The van der Waals surface area contributed by atoms with E-state index in [1.54, 1.807) is 42.5 Å². The standard InChI is InChI=1S/C20H14Br2N2O5/c21-16-7-12(24-19(27)10-23-28)8-17(22)20(16)29-14-4-5-18(26)15(9-14)11-2-1-3-13(25)6-11/h1-10,25-26,28H,(H,24,27)/b23-10+. The van der Waals surface area contributed by atoms with Crippen molar-refractivity contribution >= 4 is 49.7 Å². The third-order valence-corrected chi connectivity index (χ3v) is 4.96. The molecule has 0 saturated carbocycles. The monoisotopic (exact) mass is 520 g/mol. The Hall–Kier alpha value is -3.04. The molecule has 0 heterocycles. The van der Waals surface area contributed by atoms with Gasteiger partial charge in [0.05, 0.1) is 8.95 Å². The summed E-state index contributed by atoms with van der Waals surface area (Å²) in [5.41, 5.74) is 1.58. The normalized spacial score (nSPS) is 10.8. The molecule has 4 N–H and O–H groups in total. The first-order valence-electron chi connectivity index (χ1n) is 8.15. The van der Waals surface area contributed by atoms with Gasteiger partial charge in [-0.25, -0.2) is 0 Å². The van der Waals surface area contributed by atoms with Crippen LogP contribution >= 0.6 is 31.9 Å². The molecular weight excluding hydrogens is 508 g/mol. The van der Waals surface area contributed by atoms with Gasteiger partial charge in [0, 0.05) is 11.3 Å². The van der Waals surface area contributed by atoms with E-state index in [1.807, 2.05) is 0 Å². The van der Waals surface area contributed by atoms with E-state index < -0.39 is 5.91 Å². The largest absolute Gasteiger partial charge is 0.508 e. The zero-order valence-electron chi connectivity index (χ0n) is 14.6. The Balaban J connectivity index is 1.90. The average Bonchev–Trinajstić information content (AvgIpc) is 2.66. The Morgan fingerprint density at radius 2 is 1.76 bits per heavy atom. The summed E-state index contributed by atoms with van der Waals surface area (Å²) in [7, 11) is 0. The fourth-order valence-electron chi connectivity index (χ4n) is 2.56. The summed E-state index contributed by atoms with van der Waals surface area (Å²) in [4.78, 5) is 11.5. The molecule has 0 radical (unpaired) electrons. The molecule has 29 heavy (non-hydrogen) atoms. The summed E-state index contributed by atoms with van der Waals surface area (Å²) in [5.74, 6) is 0.444. The zero-order valence-corrected chi connectivity index (χ0v) is 17.8. The van der Waals surface area contributed by atoms with Crippen LogP contribution in [0.2, 0.25) is 0 Å².